The monoisotopic (exact) mass is 321 g/mol. The lowest BCUT2D eigenvalue weighted by molar-refractivity contribution is -0.137. The molecule has 0 aliphatic carbocycles. The fourth-order valence-electron chi connectivity index (χ4n) is 2.30. The number of aromatic nitrogens is 4. The molecular formula is C15H14F3N5. The molecule has 3 aromatic rings. The van der Waals surface area contributed by atoms with E-state index in [1.54, 1.807) is 4.52 Å². The van der Waals surface area contributed by atoms with E-state index >= 15 is 0 Å². The van der Waals surface area contributed by atoms with Crippen molar-refractivity contribution < 1.29 is 13.2 Å². The van der Waals surface area contributed by atoms with Crippen LogP contribution in [0.3, 0.4) is 0 Å². The van der Waals surface area contributed by atoms with Crippen LogP contribution in [0.2, 0.25) is 0 Å². The van der Waals surface area contributed by atoms with Crippen molar-refractivity contribution in [3.8, 4) is 0 Å². The van der Waals surface area contributed by atoms with Crippen molar-refractivity contribution in [1.29, 1.82) is 0 Å². The Morgan fingerprint density at radius 1 is 1.17 bits per heavy atom. The van der Waals surface area contributed by atoms with Crippen molar-refractivity contribution in [3.63, 3.8) is 0 Å². The van der Waals surface area contributed by atoms with Gasteiger partial charge in [-0.3, -0.25) is 0 Å². The predicted molar refractivity (Wildman–Crippen MR) is 79.0 cm³/mol. The van der Waals surface area contributed by atoms with Crippen molar-refractivity contribution in [2.24, 2.45) is 0 Å². The molecule has 1 aromatic carbocycles. The van der Waals surface area contributed by atoms with Crippen LogP contribution >= 0.6 is 0 Å². The number of halogens is 3. The first-order valence-electron chi connectivity index (χ1n) is 6.95. The number of anilines is 1. The summed E-state index contributed by atoms with van der Waals surface area (Å²) in [5.74, 6) is 1.14. The topological polar surface area (TPSA) is 55.1 Å². The van der Waals surface area contributed by atoms with E-state index in [9.17, 15) is 13.2 Å². The minimum absolute atomic E-state index is 0.202. The summed E-state index contributed by atoms with van der Waals surface area (Å²) in [6.45, 7) is 3.70. The van der Waals surface area contributed by atoms with Gasteiger partial charge in [-0.2, -0.15) is 27.8 Å². The molecule has 8 heteroatoms. The van der Waals surface area contributed by atoms with E-state index < -0.39 is 11.7 Å². The predicted octanol–water partition coefficient (Wildman–Crippen LogP) is 3.62. The molecule has 0 aliphatic rings. The minimum atomic E-state index is -4.33. The summed E-state index contributed by atoms with van der Waals surface area (Å²) < 4.78 is 39.4. The highest BCUT2D eigenvalue weighted by Crippen LogP contribution is 2.30. The third-order valence-corrected chi connectivity index (χ3v) is 3.48. The van der Waals surface area contributed by atoms with E-state index in [2.05, 4.69) is 20.4 Å². The van der Waals surface area contributed by atoms with E-state index in [1.165, 1.54) is 18.5 Å². The van der Waals surface area contributed by atoms with Crippen LogP contribution in [0, 0.1) is 6.92 Å². The van der Waals surface area contributed by atoms with Crippen molar-refractivity contribution in [2.45, 2.75) is 26.1 Å². The molecule has 2 heterocycles. The van der Waals surface area contributed by atoms with Gasteiger partial charge in [-0.1, -0.05) is 12.1 Å². The Labute approximate surface area is 130 Å². The number of alkyl halides is 3. The Balaban J connectivity index is 1.86. The Morgan fingerprint density at radius 3 is 2.52 bits per heavy atom. The van der Waals surface area contributed by atoms with Gasteiger partial charge >= 0.3 is 6.18 Å². The molecule has 5 nitrogen and oxygen atoms in total. The molecule has 0 fully saturated rings. The molecule has 0 saturated heterocycles. The van der Waals surface area contributed by atoms with E-state index in [0.29, 0.717) is 11.6 Å². The van der Waals surface area contributed by atoms with Crippen LogP contribution in [-0.4, -0.2) is 19.6 Å². The smallest absolute Gasteiger partial charge is 0.363 e. The molecule has 0 spiro atoms. The molecular weight excluding hydrogens is 307 g/mol. The van der Waals surface area contributed by atoms with E-state index in [-0.39, 0.29) is 6.04 Å². The lowest BCUT2D eigenvalue weighted by Crippen LogP contribution is -2.12. The number of fused-ring (bicyclic) bond motifs is 1. The summed E-state index contributed by atoms with van der Waals surface area (Å²) >= 11 is 0. The fourth-order valence-corrected chi connectivity index (χ4v) is 2.30. The van der Waals surface area contributed by atoms with E-state index in [4.69, 9.17) is 0 Å². The van der Waals surface area contributed by atoms with Crippen molar-refractivity contribution in [1.82, 2.24) is 19.6 Å². The van der Waals surface area contributed by atoms with Gasteiger partial charge in [-0.05, 0) is 31.5 Å². The van der Waals surface area contributed by atoms with Crippen LogP contribution < -0.4 is 5.32 Å². The van der Waals surface area contributed by atoms with Crippen LogP contribution in [0.5, 0.6) is 0 Å². The largest absolute Gasteiger partial charge is 0.416 e. The highest BCUT2D eigenvalue weighted by Gasteiger charge is 2.30. The first kappa shape index (κ1) is 15.3. The van der Waals surface area contributed by atoms with Gasteiger partial charge in [-0.15, -0.1) is 0 Å². The van der Waals surface area contributed by atoms with Gasteiger partial charge in [0.15, 0.2) is 0 Å². The Kier molecular flexibility index (Phi) is 3.67. The summed E-state index contributed by atoms with van der Waals surface area (Å²) in [7, 11) is 0. The first-order valence-corrected chi connectivity index (χ1v) is 6.95. The third-order valence-electron chi connectivity index (χ3n) is 3.48. The SMILES string of the molecule is Cc1cc(NC(C)c2ccc(C(F)(F)F)cc2)n2ncnc2n1. The number of aryl methyl sites for hydroxylation is 1. The van der Waals surface area contributed by atoms with Crippen LogP contribution in [0.1, 0.15) is 29.8 Å². The molecule has 0 bridgehead atoms. The van der Waals surface area contributed by atoms with Gasteiger partial charge in [0.05, 0.1) is 5.56 Å². The normalized spacial score (nSPS) is 13.3. The van der Waals surface area contributed by atoms with Gasteiger partial charge in [0.2, 0.25) is 0 Å². The molecule has 120 valence electrons. The Bertz CT molecular complexity index is 823. The molecule has 3 rings (SSSR count). The molecule has 23 heavy (non-hydrogen) atoms. The summed E-state index contributed by atoms with van der Waals surface area (Å²) in [6.07, 6.45) is -2.93. The number of nitrogens with one attached hydrogen (secondary N) is 1. The van der Waals surface area contributed by atoms with Gasteiger partial charge in [0.25, 0.3) is 5.78 Å². The highest BCUT2D eigenvalue weighted by atomic mass is 19.4. The maximum atomic E-state index is 12.6. The number of rotatable bonds is 3. The van der Waals surface area contributed by atoms with Gasteiger partial charge in [-0.25, -0.2) is 4.98 Å². The molecule has 2 aromatic heterocycles. The molecule has 1 N–H and O–H groups in total. The molecule has 1 unspecified atom stereocenters. The van der Waals surface area contributed by atoms with Crippen LogP contribution in [-0.2, 0) is 6.18 Å². The number of benzene rings is 1. The maximum absolute atomic E-state index is 12.6. The summed E-state index contributed by atoms with van der Waals surface area (Å²) in [5.41, 5.74) is 0.847. The molecule has 0 aliphatic heterocycles. The lowest BCUT2D eigenvalue weighted by atomic mass is 10.1. The standard InChI is InChI=1S/C15H14F3N5/c1-9-7-13(23-14(21-9)19-8-20-23)22-10(2)11-3-5-12(6-4-11)15(16,17)18/h3-8,10,22H,1-2H3. The second-order valence-electron chi connectivity index (χ2n) is 5.24. The second kappa shape index (κ2) is 5.53. The highest BCUT2D eigenvalue weighted by molar-refractivity contribution is 5.46. The maximum Gasteiger partial charge on any atom is 0.416 e. The number of hydrogen-bond acceptors (Lipinski definition) is 4. The van der Waals surface area contributed by atoms with E-state index in [0.717, 1.165) is 23.4 Å². The number of nitrogens with zero attached hydrogens (tertiary/aromatic N) is 4. The molecule has 0 radical (unpaired) electrons. The molecule has 0 saturated carbocycles. The fraction of sp³-hybridized carbons (Fsp3) is 0.267. The Hall–Kier alpha value is -2.64. The minimum Gasteiger partial charge on any atom is -0.363 e. The van der Waals surface area contributed by atoms with Crippen LogP contribution in [0.25, 0.3) is 5.78 Å². The zero-order valence-electron chi connectivity index (χ0n) is 12.5. The van der Waals surface area contributed by atoms with Gasteiger partial charge < -0.3 is 5.32 Å². The quantitative estimate of drug-likeness (QED) is 0.800. The summed E-state index contributed by atoms with van der Waals surface area (Å²) in [6, 6.07) is 6.70. The first-order chi connectivity index (χ1) is 10.8. The van der Waals surface area contributed by atoms with Gasteiger partial charge in [0.1, 0.15) is 12.1 Å². The molecule has 0 amide bonds. The Morgan fingerprint density at radius 2 is 1.87 bits per heavy atom. The van der Waals surface area contributed by atoms with Crippen LogP contribution in [0.4, 0.5) is 19.0 Å². The summed E-state index contributed by atoms with van der Waals surface area (Å²) in [5, 5.41) is 7.31. The molecule has 1 atom stereocenters. The van der Waals surface area contributed by atoms with Crippen LogP contribution in [0.15, 0.2) is 36.7 Å². The number of hydrogen-bond donors (Lipinski definition) is 1. The van der Waals surface area contributed by atoms with Gasteiger partial charge in [0, 0.05) is 17.8 Å². The van der Waals surface area contributed by atoms with Crippen molar-refractivity contribution in [3.05, 3.63) is 53.5 Å². The average Bonchev–Trinajstić information content (AvgIpc) is 2.94. The zero-order valence-corrected chi connectivity index (χ0v) is 12.5. The average molecular weight is 321 g/mol. The summed E-state index contributed by atoms with van der Waals surface area (Å²) in [4.78, 5) is 8.27. The third kappa shape index (κ3) is 3.10. The van der Waals surface area contributed by atoms with Crippen molar-refractivity contribution in [2.75, 3.05) is 5.32 Å². The van der Waals surface area contributed by atoms with E-state index in [1.807, 2.05) is 19.9 Å². The second-order valence-corrected chi connectivity index (χ2v) is 5.24. The lowest BCUT2D eigenvalue weighted by Gasteiger charge is -2.17. The van der Waals surface area contributed by atoms with Crippen molar-refractivity contribution >= 4 is 11.6 Å². The zero-order chi connectivity index (χ0) is 16.6.